The Kier molecular flexibility index (Phi) is 8.88. The van der Waals surface area contributed by atoms with Crippen molar-refractivity contribution < 1.29 is 36.2 Å². The van der Waals surface area contributed by atoms with Gasteiger partial charge in [-0.05, 0) is 42.2 Å². The average Bonchev–Trinajstić information content (AvgIpc) is 3.05. The van der Waals surface area contributed by atoms with Crippen LogP contribution in [0.25, 0.3) is 0 Å². The van der Waals surface area contributed by atoms with Crippen LogP contribution in [0.15, 0.2) is 47.5 Å². The highest BCUT2D eigenvalue weighted by Gasteiger charge is 2.38. The van der Waals surface area contributed by atoms with E-state index < -0.39 is 22.0 Å². The van der Waals surface area contributed by atoms with Gasteiger partial charge in [-0.3, -0.25) is 4.90 Å². The summed E-state index contributed by atoms with van der Waals surface area (Å²) in [5.41, 5.74) is 2.46. The number of ether oxygens (including phenoxy) is 1. The van der Waals surface area contributed by atoms with Gasteiger partial charge in [0.15, 0.2) is 9.84 Å². The standard InChI is InChI=1S/C19H26N2O3S.C2HF3O2/c1-24-11-9-17-13-20(15-18-4-3-10-21(18)14-17)12-16-5-7-19(8-6-16)25(2,22)23;3-2(4,5)1(6)7/h3-8,10,17H,9,11-15H2,1-2H3;(H,6,7). The molecule has 1 unspecified atom stereocenters. The summed E-state index contributed by atoms with van der Waals surface area (Å²) in [7, 11) is -1.39. The van der Waals surface area contributed by atoms with Gasteiger partial charge in [-0.2, -0.15) is 13.2 Å². The number of fused-ring (bicyclic) bond motifs is 1. The van der Waals surface area contributed by atoms with E-state index in [2.05, 4.69) is 27.8 Å². The summed E-state index contributed by atoms with van der Waals surface area (Å²) in [6, 6.07) is 11.5. The monoisotopic (exact) mass is 476 g/mol. The van der Waals surface area contributed by atoms with Crippen molar-refractivity contribution in [2.24, 2.45) is 5.92 Å². The Morgan fingerprint density at radius 1 is 1.19 bits per heavy atom. The van der Waals surface area contributed by atoms with E-state index in [-0.39, 0.29) is 0 Å². The van der Waals surface area contributed by atoms with Crippen LogP contribution in [0.2, 0.25) is 0 Å². The number of alkyl halides is 3. The van der Waals surface area contributed by atoms with Gasteiger partial charge in [-0.15, -0.1) is 0 Å². The second-order valence-electron chi connectivity index (χ2n) is 7.69. The predicted octanol–water partition coefficient (Wildman–Crippen LogP) is 3.19. The second kappa shape index (κ2) is 11.0. The van der Waals surface area contributed by atoms with Crippen LogP contribution < -0.4 is 0 Å². The maximum absolute atomic E-state index is 11.6. The summed E-state index contributed by atoms with van der Waals surface area (Å²) in [6.07, 6.45) is -0.650. The van der Waals surface area contributed by atoms with E-state index >= 15 is 0 Å². The number of aliphatic carboxylic acids is 1. The van der Waals surface area contributed by atoms with Crippen LogP contribution in [-0.2, 0) is 39.0 Å². The first-order valence-electron chi connectivity index (χ1n) is 9.84. The molecule has 178 valence electrons. The maximum atomic E-state index is 11.6. The molecule has 0 amide bonds. The lowest BCUT2D eigenvalue weighted by Crippen LogP contribution is -2.28. The van der Waals surface area contributed by atoms with E-state index in [4.69, 9.17) is 14.6 Å². The van der Waals surface area contributed by atoms with Crippen LogP contribution in [0.4, 0.5) is 13.2 Å². The predicted molar refractivity (Wildman–Crippen MR) is 112 cm³/mol. The Morgan fingerprint density at radius 2 is 1.81 bits per heavy atom. The minimum absolute atomic E-state index is 0.374. The first-order valence-corrected chi connectivity index (χ1v) is 11.7. The lowest BCUT2D eigenvalue weighted by molar-refractivity contribution is -0.192. The number of sulfone groups is 1. The summed E-state index contributed by atoms with van der Waals surface area (Å²) >= 11 is 0. The fraction of sp³-hybridized carbons (Fsp3) is 0.476. The van der Waals surface area contributed by atoms with E-state index in [1.165, 1.54) is 11.9 Å². The van der Waals surface area contributed by atoms with E-state index in [0.29, 0.717) is 10.8 Å². The molecule has 1 N–H and O–H groups in total. The minimum Gasteiger partial charge on any atom is -0.475 e. The third kappa shape index (κ3) is 7.95. The zero-order chi connectivity index (χ0) is 23.9. The molecule has 0 radical (unpaired) electrons. The highest BCUT2D eigenvalue weighted by atomic mass is 32.2. The number of rotatable bonds is 6. The van der Waals surface area contributed by atoms with Crippen molar-refractivity contribution in [1.82, 2.24) is 9.47 Å². The molecule has 1 aromatic heterocycles. The zero-order valence-corrected chi connectivity index (χ0v) is 18.7. The molecule has 1 atom stereocenters. The summed E-state index contributed by atoms with van der Waals surface area (Å²) < 4.78 is 62.6. The van der Waals surface area contributed by atoms with Gasteiger partial charge in [0.2, 0.25) is 0 Å². The number of carboxylic acid groups (broad SMARTS) is 1. The lowest BCUT2D eigenvalue weighted by atomic mass is 10.1. The van der Waals surface area contributed by atoms with E-state index in [0.717, 1.165) is 44.8 Å². The number of halogens is 3. The molecule has 0 aliphatic carbocycles. The third-order valence-corrected chi connectivity index (χ3v) is 6.14. The molecule has 3 rings (SSSR count). The van der Waals surface area contributed by atoms with Gasteiger partial charge in [-0.1, -0.05) is 12.1 Å². The molecule has 1 aromatic carbocycles. The number of methoxy groups -OCH3 is 1. The fourth-order valence-corrected chi connectivity index (χ4v) is 4.08. The van der Waals surface area contributed by atoms with Crippen LogP contribution in [0.5, 0.6) is 0 Å². The molecule has 0 saturated heterocycles. The number of hydrogen-bond acceptors (Lipinski definition) is 5. The molecule has 11 heteroatoms. The van der Waals surface area contributed by atoms with E-state index in [1.54, 1.807) is 19.2 Å². The van der Waals surface area contributed by atoms with Crippen molar-refractivity contribution in [3.63, 3.8) is 0 Å². The second-order valence-corrected chi connectivity index (χ2v) is 9.70. The maximum Gasteiger partial charge on any atom is 0.490 e. The smallest absolute Gasteiger partial charge is 0.475 e. The molecule has 0 bridgehead atoms. The number of nitrogens with zero attached hydrogens (tertiary/aromatic N) is 2. The molecular formula is C21H27F3N2O5S. The Hall–Kier alpha value is -2.37. The number of aromatic nitrogens is 1. The Morgan fingerprint density at radius 3 is 2.34 bits per heavy atom. The number of hydrogen-bond donors (Lipinski definition) is 1. The zero-order valence-electron chi connectivity index (χ0n) is 17.9. The van der Waals surface area contributed by atoms with Crippen LogP contribution in [-0.4, -0.2) is 61.7 Å². The first kappa shape index (κ1) is 25.9. The van der Waals surface area contributed by atoms with Crippen LogP contribution in [0.3, 0.4) is 0 Å². The third-order valence-electron chi connectivity index (χ3n) is 5.01. The quantitative estimate of drug-likeness (QED) is 0.689. The van der Waals surface area contributed by atoms with E-state index in [1.807, 2.05) is 12.1 Å². The van der Waals surface area contributed by atoms with Crippen molar-refractivity contribution in [2.45, 2.75) is 37.1 Å². The van der Waals surface area contributed by atoms with Crippen molar-refractivity contribution in [3.05, 3.63) is 53.9 Å². The highest BCUT2D eigenvalue weighted by Crippen LogP contribution is 2.22. The van der Waals surface area contributed by atoms with Gasteiger partial charge in [0.05, 0.1) is 4.90 Å². The van der Waals surface area contributed by atoms with Crippen molar-refractivity contribution in [1.29, 1.82) is 0 Å². The molecule has 0 fully saturated rings. The fourth-order valence-electron chi connectivity index (χ4n) is 3.45. The van der Waals surface area contributed by atoms with Gasteiger partial charge >= 0.3 is 12.1 Å². The molecule has 1 aliphatic heterocycles. The van der Waals surface area contributed by atoms with Crippen molar-refractivity contribution in [2.75, 3.05) is 26.5 Å². The van der Waals surface area contributed by atoms with Crippen LogP contribution in [0, 0.1) is 5.92 Å². The molecule has 2 aromatic rings. The largest absolute Gasteiger partial charge is 0.490 e. The molecule has 2 heterocycles. The molecule has 0 saturated carbocycles. The van der Waals surface area contributed by atoms with Gasteiger partial charge in [-0.25, -0.2) is 13.2 Å². The lowest BCUT2D eigenvalue weighted by Gasteiger charge is -2.24. The molecule has 32 heavy (non-hydrogen) atoms. The van der Waals surface area contributed by atoms with Gasteiger partial charge in [0, 0.05) is 58.0 Å². The Bertz CT molecular complexity index is 988. The normalized spacial score (nSPS) is 17.1. The van der Waals surface area contributed by atoms with Crippen molar-refractivity contribution >= 4 is 15.8 Å². The van der Waals surface area contributed by atoms with Gasteiger partial charge in [0.25, 0.3) is 0 Å². The Labute approximate surface area is 185 Å². The molecule has 0 spiro atoms. The first-order chi connectivity index (χ1) is 14.9. The SMILES string of the molecule is COCCC1CN(Cc2ccc(S(C)(=O)=O)cc2)Cc2cccn2C1.O=C(O)C(F)(F)F. The Balaban J connectivity index is 0.000000451. The van der Waals surface area contributed by atoms with Crippen LogP contribution >= 0.6 is 0 Å². The summed E-state index contributed by atoms with van der Waals surface area (Å²) in [4.78, 5) is 11.7. The van der Waals surface area contributed by atoms with Crippen molar-refractivity contribution in [3.8, 4) is 0 Å². The number of carbonyl (C=O) groups is 1. The minimum atomic E-state index is -5.08. The van der Waals surface area contributed by atoms with Crippen LogP contribution in [0.1, 0.15) is 17.7 Å². The molecule has 7 nitrogen and oxygen atoms in total. The van der Waals surface area contributed by atoms with Gasteiger partial charge in [0.1, 0.15) is 0 Å². The van der Waals surface area contributed by atoms with E-state index in [9.17, 15) is 21.6 Å². The van der Waals surface area contributed by atoms with Gasteiger partial charge < -0.3 is 14.4 Å². The number of carboxylic acids is 1. The molecular weight excluding hydrogens is 449 g/mol. The average molecular weight is 477 g/mol. The summed E-state index contributed by atoms with van der Waals surface area (Å²) in [6.45, 7) is 4.54. The summed E-state index contributed by atoms with van der Waals surface area (Å²) in [5.74, 6) is -2.21. The number of benzene rings is 1. The molecule has 1 aliphatic rings. The highest BCUT2D eigenvalue weighted by molar-refractivity contribution is 7.90. The topological polar surface area (TPSA) is 88.8 Å². The summed E-state index contributed by atoms with van der Waals surface area (Å²) in [5, 5.41) is 7.12.